The van der Waals surface area contributed by atoms with Crippen molar-refractivity contribution in [1.82, 2.24) is 9.97 Å². The van der Waals surface area contributed by atoms with E-state index in [4.69, 9.17) is 10.5 Å². The maximum Gasteiger partial charge on any atom is 0.204 e. The number of rotatable bonds is 3. The van der Waals surface area contributed by atoms with Gasteiger partial charge in [0, 0.05) is 5.69 Å². The summed E-state index contributed by atoms with van der Waals surface area (Å²) in [5.41, 5.74) is 6.59. The number of nitrogens with one attached hydrogen (secondary N) is 1. The molecule has 0 atom stereocenters. The first-order chi connectivity index (χ1) is 7.81. The van der Waals surface area contributed by atoms with E-state index in [0.29, 0.717) is 17.4 Å². The molecule has 0 saturated heterocycles. The van der Waals surface area contributed by atoms with Crippen LogP contribution >= 0.6 is 0 Å². The Bertz CT molecular complexity index is 473. The highest BCUT2D eigenvalue weighted by Crippen LogP contribution is 2.28. The number of para-hydroxylation sites is 1. The molecule has 5 nitrogen and oxygen atoms in total. The number of hydrogen-bond acceptors (Lipinski definition) is 5. The maximum atomic E-state index is 5.67. The molecular formula is C11H12N4O. The number of hydrogen-bond donors (Lipinski definition) is 2. The van der Waals surface area contributed by atoms with E-state index in [-0.39, 0.29) is 0 Å². The first-order valence-corrected chi connectivity index (χ1v) is 4.78. The van der Waals surface area contributed by atoms with Gasteiger partial charge in [0.25, 0.3) is 0 Å². The second-order valence-electron chi connectivity index (χ2n) is 3.13. The van der Waals surface area contributed by atoms with Gasteiger partial charge < -0.3 is 15.8 Å². The number of anilines is 3. The summed E-state index contributed by atoms with van der Waals surface area (Å²) >= 11 is 0. The van der Waals surface area contributed by atoms with Crippen molar-refractivity contribution in [1.29, 1.82) is 0 Å². The molecule has 0 spiro atoms. The van der Waals surface area contributed by atoms with Gasteiger partial charge in [0.05, 0.1) is 7.11 Å². The lowest BCUT2D eigenvalue weighted by molar-refractivity contribution is 0.415. The van der Waals surface area contributed by atoms with Gasteiger partial charge in [-0.3, -0.25) is 0 Å². The molecule has 0 saturated carbocycles. The fourth-order valence-corrected chi connectivity index (χ4v) is 1.34. The average Bonchev–Trinajstić information content (AvgIpc) is 2.31. The summed E-state index contributed by atoms with van der Waals surface area (Å²) in [6, 6.07) is 9.66. The van der Waals surface area contributed by atoms with E-state index in [9.17, 15) is 0 Å². The summed E-state index contributed by atoms with van der Waals surface area (Å²) in [6.07, 6.45) is 1.39. The number of methoxy groups -OCH3 is 1. The zero-order valence-corrected chi connectivity index (χ0v) is 8.84. The largest absolute Gasteiger partial charge is 0.490 e. The van der Waals surface area contributed by atoms with E-state index in [1.165, 1.54) is 13.4 Å². The summed E-state index contributed by atoms with van der Waals surface area (Å²) in [4.78, 5) is 7.93. The first kappa shape index (κ1) is 10.2. The lowest BCUT2D eigenvalue weighted by atomic mass is 10.3. The fraction of sp³-hybridized carbons (Fsp3) is 0.0909. The third-order valence-corrected chi connectivity index (χ3v) is 2.07. The minimum absolute atomic E-state index is 0.316. The van der Waals surface area contributed by atoms with Crippen molar-refractivity contribution in [3.8, 4) is 5.75 Å². The molecule has 1 heterocycles. The van der Waals surface area contributed by atoms with Crippen molar-refractivity contribution in [2.75, 3.05) is 18.2 Å². The Morgan fingerprint density at radius 1 is 1.19 bits per heavy atom. The molecule has 3 N–H and O–H groups in total. The van der Waals surface area contributed by atoms with Crippen LogP contribution in [0.25, 0.3) is 0 Å². The van der Waals surface area contributed by atoms with Gasteiger partial charge in [0.1, 0.15) is 6.33 Å². The van der Waals surface area contributed by atoms with Crippen molar-refractivity contribution in [2.24, 2.45) is 0 Å². The summed E-state index contributed by atoms with van der Waals surface area (Å²) < 4.78 is 5.14. The second-order valence-corrected chi connectivity index (χ2v) is 3.13. The standard InChI is InChI=1S/C11H12N4O/c1-16-9-10(12)13-7-14-11(9)15-8-5-3-2-4-6-8/h2-7H,1H3,(H3,12,13,14,15). The highest BCUT2D eigenvalue weighted by Gasteiger charge is 2.08. The third kappa shape index (κ3) is 2.03. The lowest BCUT2D eigenvalue weighted by Crippen LogP contribution is -2.02. The number of nitrogens with two attached hydrogens (primary N) is 1. The topological polar surface area (TPSA) is 73.1 Å². The molecule has 0 aliphatic rings. The second kappa shape index (κ2) is 4.48. The Morgan fingerprint density at radius 2 is 1.94 bits per heavy atom. The Balaban J connectivity index is 2.31. The zero-order valence-electron chi connectivity index (χ0n) is 8.84. The molecule has 0 aliphatic carbocycles. The Labute approximate surface area is 93.3 Å². The zero-order chi connectivity index (χ0) is 11.4. The van der Waals surface area contributed by atoms with Crippen LogP contribution in [0.3, 0.4) is 0 Å². The van der Waals surface area contributed by atoms with Crippen LogP contribution in [0.2, 0.25) is 0 Å². The molecule has 0 radical (unpaired) electrons. The minimum atomic E-state index is 0.316. The van der Waals surface area contributed by atoms with Gasteiger partial charge in [-0.2, -0.15) is 0 Å². The van der Waals surface area contributed by atoms with E-state index in [0.717, 1.165) is 5.69 Å². The fourth-order valence-electron chi connectivity index (χ4n) is 1.34. The highest BCUT2D eigenvalue weighted by molar-refractivity contribution is 5.67. The van der Waals surface area contributed by atoms with E-state index >= 15 is 0 Å². The number of nitrogen functional groups attached to an aromatic ring is 1. The van der Waals surface area contributed by atoms with E-state index in [1.807, 2.05) is 30.3 Å². The first-order valence-electron chi connectivity index (χ1n) is 4.78. The predicted octanol–water partition coefficient (Wildman–Crippen LogP) is 1.81. The Kier molecular flexibility index (Phi) is 2.86. The molecule has 82 valence electrons. The number of aromatic nitrogens is 2. The van der Waals surface area contributed by atoms with Crippen LogP contribution < -0.4 is 15.8 Å². The summed E-state index contributed by atoms with van der Waals surface area (Å²) in [5, 5.41) is 3.11. The number of nitrogens with zero attached hydrogens (tertiary/aromatic N) is 2. The van der Waals surface area contributed by atoms with Crippen LogP contribution in [0.1, 0.15) is 0 Å². The monoisotopic (exact) mass is 216 g/mol. The molecule has 0 unspecified atom stereocenters. The Hall–Kier alpha value is -2.30. The van der Waals surface area contributed by atoms with Gasteiger partial charge in [0.2, 0.25) is 5.75 Å². The van der Waals surface area contributed by atoms with Gasteiger partial charge in [-0.25, -0.2) is 9.97 Å². The summed E-state index contributed by atoms with van der Waals surface area (Å²) in [6.45, 7) is 0. The van der Waals surface area contributed by atoms with Gasteiger partial charge in [0.15, 0.2) is 11.6 Å². The molecule has 5 heteroatoms. The normalized spacial score (nSPS) is 9.81. The van der Waals surface area contributed by atoms with Crippen molar-refractivity contribution in [2.45, 2.75) is 0 Å². The number of benzene rings is 1. The molecule has 0 fully saturated rings. The molecule has 2 rings (SSSR count). The SMILES string of the molecule is COc1c(N)ncnc1Nc1ccccc1. The molecular weight excluding hydrogens is 204 g/mol. The predicted molar refractivity (Wildman–Crippen MR) is 62.7 cm³/mol. The third-order valence-electron chi connectivity index (χ3n) is 2.07. The van der Waals surface area contributed by atoms with Crippen LogP contribution in [-0.2, 0) is 0 Å². The molecule has 0 amide bonds. The summed E-state index contributed by atoms with van der Waals surface area (Å²) in [7, 11) is 1.53. The molecule has 2 aromatic rings. The van der Waals surface area contributed by atoms with Gasteiger partial charge >= 0.3 is 0 Å². The van der Waals surface area contributed by atoms with Crippen LogP contribution in [0.4, 0.5) is 17.3 Å². The molecule has 1 aromatic carbocycles. The van der Waals surface area contributed by atoms with Crippen molar-refractivity contribution in [3.05, 3.63) is 36.7 Å². The van der Waals surface area contributed by atoms with Crippen LogP contribution in [0.15, 0.2) is 36.7 Å². The van der Waals surface area contributed by atoms with Crippen LogP contribution in [-0.4, -0.2) is 17.1 Å². The minimum Gasteiger partial charge on any atom is -0.490 e. The quantitative estimate of drug-likeness (QED) is 0.818. The molecule has 0 aliphatic heterocycles. The van der Waals surface area contributed by atoms with Crippen molar-refractivity contribution in [3.63, 3.8) is 0 Å². The van der Waals surface area contributed by atoms with E-state index < -0.39 is 0 Å². The molecule has 1 aromatic heterocycles. The van der Waals surface area contributed by atoms with Gasteiger partial charge in [-0.05, 0) is 12.1 Å². The highest BCUT2D eigenvalue weighted by atomic mass is 16.5. The average molecular weight is 216 g/mol. The smallest absolute Gasteiger partial charge is 0.204 e. The maximum absolute atomic E-state index is 5.67. The molecule has 16 heavy (non-hydrogen) atoms. The van der Waals surface area contributed by atoms with Gasteiger partial charge in [-0.1, -0.05) is 18.2 Å². The van der Waals surface area contributed by atoms with Crippen molar-refractivity contribution >= 4 is 17.3 Å². The van der Waals surface area contributed by atoms with Crippen molar-refractivity contribution < 1.29 is 4.74 Å². The lowest BCUT2D eigenvalue weighted by Gasteiger charge is -2.10. The number of ether oxygens (including phenoxy) is 1. The van der Waals surface area contributed by atoms with E-state index in [1.54, 1.807) is 0 Å². The van der Waals surface area contributed by atoms with E-state index in [2.05, 4.69) is 15.3 Å². The summed E-state index contributed by atoms with van der Waals surface area (Å²) in [5.74, 6) is 1.32. The Morgan fingerprint density at radius 3 is 2.62 bits per heavy atom. The van der Waals surface area contributed by atoms with Gasteiger partial charge in [-0.15, -0.1) is 0 Å². The van der Waals surface area contributed by atoms with Crippen LogP contribution in [0.5, 0.6) is 5.75 Å². The van der Waals surface area contributed by atoms with Crippen LogP contribution in [0, 0.1) is 0 Å². The molecule has 0 bridgehead atoms.